The van der Waals surface area contributed by atoms with E-state index in [1.807, 2.05) is 13.0 Å². The summed E-state index contributed by atoms with van der Waals surface area (Å²) < 4.78 is 0.875. The molecular formula is C17H23BrN4O2. The zero-order valence-corrected chi connectivity index (χ0v) is 15.4. The van der Waals surface area contributed by atoms with E-state index in [1.165, 1.54) is 0 Å². The molecule has 2 N–H and O–H groups in total. The van der Waals surface area contributed by atoms with Crippen LogP contribution in [-0.4, -0.2) is 46.9 Å². The highest BCUT2D eigenvalue weighted by Crippen LogP contribution is 2.22. The minimum absolute atomic E-state index is 0.0238. The Balaban J connectivity index is 1.54. The summed E-state index contributed by atoms with van der Waals surface area (Å²) in [6.45, 7) is 3.40. The molecule has 0 bridgehead atoms. The van der Waals surface area contributed by atoms with Crippen molar-refractivity contribution in [2.45, 2.75) is 44.7 Å². The van der Waals surface area contributed by atoms with Crippen molar-refractivity contribution >= 4 is 33.6 Å². The van der Waals surface area contributed by atoms with Crippen LogP contribution in [0.5, 0.6) is 0 Å². The van der Waals surface area contributed by atoms with Gasteiger partial charge in [-0.05, 0) is 67.2 Å². The van der Waals surface area contributed by atoms with Crippen LogP contribution in [0.25, 0.3) is 0 Å². The molecule has 1 saturated heterocycles. The van der Waals surface area contributed by atoms with Crippen molar-refractivity contribution in [3.63, 3.8) is 0 Å². The number of likely N-dealkylation sites (tertiary alicyclic amines) is 1. The maximum Gasteiger partial charge on any atom is 0.237 e. The number of pyridine rings is 1. The molecule has 6 nitrogen and oxygen atoms in total. The number of hydrogen-bond acceptors (Lipinski definition) is 4. The molecule has 1 aromatic rings. The number of nitrogens with one attached hydrogen (secondary N) is 2. The quantitative estimate of drug-likeness (QED) is 0.802. The van der Waals surface area contributed by atoms with Crippen LogP contribution in [-0.2, 0) is 9.59 Å². The van der Waals surface area contributed by atoms with Crippen molar-refractivity contribution in [1.29, 1.82) is 0 Å². The van der Waals surface area contributed by atoms with Crippen molar-refractivity contribution in [1.82, 2.24) is 15.2 Å². The third-order valence-electron chi connectivity index (χ3n) is 4.65. The first-order valence-electron chi connectivity index (χ1n) is 8.50. The zero-order chi connectivity index (χ0) is 17.1. The highest BCUT2D eigenvalue weighted by atomic mass is 79.9. The number of halogens is 1. The number of amides is 2. The average molecular weight is 395 g/mol. The maximum atomic E-state index is 12.5. The maximum absolute atomic E-state index is 12.5. The van der Waals surface area contributed by atoms with Gasteiger partial charge in [-0.15, -0.1) is 0 Å². The van der Waals surface area contributed by atoms with Gasteiger partial charge in [-0.25, -0.2) is 4.98 Å². The van der Waals surface area contributed by atoms with Gasteiger partial charge in [0.15, 0.2) is 0 Å². The molecule has 2 amide bonds. The molecule has 1 aliphatic carbocycles. The lowest BCUT2D eigenvalue weighted by Gasteiger charge is -2.35. The van der Waals surface area contributed by atoms with Crippen LogP contribution in [0.3, 0.4) is 0 Å². The number of nitrogens with zero attached hydrogens (tertiary/aromatic N) is 2. The van der Waals surface area contributed by atoms with Crippen LogP contribution in [0.4, 0.5) is 5.82 Å². The first-order chi connectivity index (χ1) is 11.5. The van der Waals surface area contributed by atoms with Crippen LogP contribution in [0, 0.1) is 5.92 Å². The van der Waals surface area contributed by atoms with Crippen LogP contribution < -0.4 is 10.6 Å². The minimum atomic E-state index is -0.188. The van der Waals surface area contributed by atoms with E-state index in [1.54, 1.807) is 12.3 Å². The fourth-order valence-electron chi connectivity index (χ4n) is 2.97. The lowest BCUT2D eigenvalue weighted by Crippen LogP contribution is -2.51. The van der Waals surface area contributed by atoms with Gasteiger partial charge >= 0.3 is 0 Å². The largest absolute Gasteiger partial charge is 0.352 e. The molecule has 0 spiro atoms. The van der Waals surface area contributed by atoms with Crippen molar-refractivity contribution in [2.75, 3.05) is 18.4 Å². The fourth-order valence-corrected chi connectivity index (χ4v) is 3.20. The fraction of sp³-hybridized carbons (Fsp3) is 0.588. The summed E-state index contributed by atoms with van der Waals surface area (Å²) >= 11 is 3.33. The number of hydrogen-bond donors (Lipinski definition) is 2. The zero-order valence-electron chi connectivity index (χ0n) is 13.8. The predicted molar refractivity (Wildman–Crippen MR) is 95.5 cm³/mol. The third-order valence-corrected chi connectivity index (χ3v) is 5.12. The minimum Gasteiger partial charge on any atom is -0.352 e. The Bertz CT molecular complexity index is 603. The van der Waals surface area contributed by atoms with E-state index in [9.17, 15) is 9.59 Å². The lowest BCUT2D eigenvalue weighted by atomic mass is 9.96. The third kappa shape index (κ3) is 4.54. The molecule has 0 unspecified atom stereocenters. The Morgan fingerprint density at radius 1 is 1.33 bits per heavy atom. The summed E-state index contributed by atoms with van der Waals surface area (Å²) in [5.41, 5.74) is 0. The van der Waals surface area contributed by atoms with Crippen LogP contribution >= 0.6 is 15.9 Å². The van der Waals surface area contributed by atoms with E-state index in [2.05, 4.69) is 36.4 Å². The average Bonchev–Trinajstić information content (AvgIpc) is 3.40. The molecule has 2 heterocycles. The molecule has 2 aliphatic rings. The highest BCUT2D eigenvalue weighted by Gasteiger charge is 2.33. The second-order valence-electron chi connectivity index (χ2n) is 6.64. The first kappa shape index (κ1) is 17.4. The van der Waals surface area contributed by atoms with Crippen LogP contribution in [0.1, 0.15) is 32.6 Å². The monoisotopic (exact) mass is 394 g/mol. The Labute approximate surface area is 150 Å². The Hall–Kier alpha value is -1.47. The molecule has 7 heteroatoms. The smallest absolute Gasteiger partial charge is 0.237 e. The first-order valence-corrected chi connectivity index (χ1v) is 9.29. The van der Waals surface area contributed by atoms with Gasteiger partial charge in [-0.3, -0.25) is 14.5 Å². The van der Waals surface area contributed by atoms with Crippen LogP contribution in [0.2, 0.25) is 0 Å². The molecule has 0 aromatic carbocycles. The summed E-state index contributed by atoms with van der Waals surface area (Å²) in [5.74, 6) is 0.498. The molecule has 1 aromatic heterocycles. The lowest BCUT2D eigenvalue weighted by molar-refractivity contribution is -0.129. The second-order valence-corrected chi connectivity index (χ2v) is 7.56. The number of aromatic nitrogens is 1. The molecule has 1 aliphatic heterocycles. The molecule has 1 saturated carbocycles. The molecule has 0 radical (unpaired) electrons. The van der Waals surface area contributed by atoms with E-state index in [0.29, 0.717) is 18.4 Å². The van der Waals surface area contributed by atoms with E-state index in [4.69, 9.17) is 0 Å². The molecule has 2 fully saturated rings. The molecular weight excluding hydrogens is 372 g/mol. The predicted octanol–water partition coefficient (Wildman–Crippen LogP) is 2.16. The van der Waals surface area contributed by atoms with Crippen molar-refractivity contribution in [3.05, 3.63) is 22.8 Å². The standard InChI is InChI=1S/C17H23BrN4O2/c1-11(16(23)20-14-5-6-14)22-8-2-3-12(10-22)17(24)21-15-7-4-13(18)9-19-15/h4,7,9,11-12,14H,2-3,5-6,8,10H2,1H3,(H,20,23)(H,19,21,24)/t11-,12+/m0/s1. The van der Waals surface area contributed by atoms with Crippen molar-refractivity contribution in [3.8, 4) is 0 Å². The van der Waals surface area contributed by atoms with E-state index in [0.717, 1.165) is 36.7 Å². The normalized spacial score (nSPS) is 22.7. The summed E-state index contributed by atoms with van der Waals surface area (Å²) in [6.07, 6.45) is 5.60. The number of anilines is 1. The molecule has 130 valence electrons. The Kier molecular flexibility index (Phi) is 5.50. The second kappa shape index (κ2) is 7.61. The van der Waals surface area contributed by atoms with Gasteiger partial charge in [0, 0.05) is 23.3 Å². The Morgan fingerprint density at radius 2 is 2.12 bits per heavy atom. The van der Waals surface area contributed by atoms with Gasteiger partial charge in [0.2, 0.25) is 11.8 Å². The van der Waals surface area contributed by atoms with Crippen LogP contribution in [0.15, 0.2) is 22.8 Å². The van der Waals surface area contributed by atoms with Gasteiger partial charge in [0.05, 0.1) is 12.0 Å². The number of piperidine rings is 1. The van der Waals surface area contributed by atoms with Gasteiger partial charge < -0.3 is 10.6 Å². The topological polar surface area (TPSA) is 74.3 Å². The number of carbonyl (C=O) groups excluding carboxylic acids is 2. The van der Waals surface area contributed by atoms with Crippen molar-refractivity contribution in [2.24, 2.45) is 5.92 Å². The summed E-state index contributed by atoms with van der Waals surface area (Å²) in [4.78, 5) is 31.0. The molecule has 3 rings (SSSR count). The number of carbonyl (C=O) groups is 2. The summed E-state index contributed by atoms with van der Waals surface area (Å²) in [7, 11) is 0. The SMILES string of the molecule is C[C@@H](C(=O)NC1CC1)N1CCC[C@@H](C(=O)Nc2ccc(Br)cn2)C1. The summed E-state index contributed by atoms with van der Waals surface area (Å²) in [6, 6.07) is 3.80. The number of rotatable bonds is 5. The van der Waals surface area contributed by atoms with E-state index in [-0.39, 0.29) is 23.8 Å². The van der Waals surface area contributed by atoms with Gasteiger partial charge in [0.25, 0.3) is 0 Å². The van der Waals surface area contributed by atoms with E-state index < -0.39 is 0 Å². The molecule has 24 heavy (non-hydrogen) atoms. The highest BCUT2D eigenvalue weighted by molar-refractivity contribution is 9.10. The summed E-state index contributed by atoms with van der Waals surface area (Å²) in [5, 5.41) is 5.92. The van der Waals surface area contributed by atoms with Gasteiger partial charge in [-0.2, -0.15) is 0 Å². The Morgan fingerprint density at radius 3 is 2.79 bits per heavy atom. The van der Waals surface area contributed by atoms with E-state index >= 15 is 0 Å². The van der Waals surface area contributed by atoms with Gasteiger partial charge in [-0.1, -0.05) is 0 Å². The molecule has 2 atom stereocenters. The van der Waals surface area contributed by atoms with Crippen molar-refractivity contribution < 1.29 is 9.59 Å². The van der Waals surface area contributed by atoms with Gasteiger partial charge in [0.1, 0.15) is 5.82 Å².